The number of piperidine rings is 1. The third-order valence-electron chi connectivity index (χ3n) is 3.08. The van der Waals surface area contributed by atoms with Crippen molar-refractivity contribution >= 4 is 5.69 Å². The van der Waals surface area contributed by atoms with E-state index in [1.165, 1.54) is 12.8 Å². The minimum absolute atomic E-state index is 0.541. The molecule has 4 heteroatoms. The molecule has 1 aliphatic heterocycles. The molecule has 0 aliphatic carbocycles. The molecule has 0 saturated carbocycles. The van der Waals surface area contributed by atoms with E-state index in [2.05, 4.69) is 22.8 Å². The zero-order valence-corrected chi connectivity index (χ0v) is 10.9. The number of benzene rings is 1. The summed E-state index contributed by atoms with van der Waals surface area (Å²) in [6, 6.07) is 8.66. The monoisotopic (exact) mass is 250 g/mol. The van der Waals surface area contributed by atoms with Gasteiger partial charge in [-0.25, -0.2) is 0 Å². The van der Waals surface area contributed by atoms with Crippen LogP contribution in [-0.2, 0) is 4.74 Å². The van der Waals surface area contributed by atoms with E-state index in [0.717, 1.165) is 24.5 Å². The predicted molar refractivity (Wildman–Crippen MR) is 73.3 cm³/mol. The maximum absolute atomic E-state index is 5.53. The lowest BCUT2D eigenvalue weighted by Crippen LogP contribution is -2.38. The normalized spacial score (nSPS) is 19.5. The Kier molecular flexibility index (Phi) is 5.30. The summed E-state index contributed by atoms with van der Waals surface area (Å²) in [4.78, 5) is 0. The minimum Gasteiger partial charge on any atom is -0.491 e. The molecule has 0 bridgehead atoms. The highest BCUT2D eigenvalue weighted by Gasteiger charge is 2.11. The van der Waals surface area contributed by atoms with E-state index in [-0.39, 0.29) is 0 Å². The van der Waals surface area contributed by atoms with Crippen molar-refractivity contribution in [1.29, 1.82) is 0 Å². The molecule has 18 heavy (non-hydrogen) atoms. The van der Waals surface area contributed by atoms with Crippen LogP contribution in [0.2, 0.25) is 0 Å². The Morgan fingerprint density at radius 2 is 2.11 bits per heavy atom. The number of anilines is 1. The Morgan fingerprint density at radius 1 is 1.28 bits per heavy atom. The summed E-state index contributed by atoms with van der Waals surface area (Å²) >= 11 is 0. The third-order valence-corrected chi connectivity index (χ3v) is 3.08. The standard InChI is InChI=1S/C14H22N2O2/c1-17-9-10-18-14-6-4-12(5-7-14)16-13-3-2-8-15-11-13/h4-7,13,15-16H,2-3,8-11H2,1H3. The van der Waals surface area contributed by atoms with E-state index < -0.39 is 0 Å². The van der Waals surface area contributed by atoms with Crippen molar-refractivity contribution in [2.45, 2.75) is 18.9 Å². The molecule has 0 aromatic heterocycles. The number of ether oxygens (including phenoxy) is 2. The number of hydrogen-bond acceptors (Lipinski definition) is 4. The SMILES string of the molecule is COCCOc1ccc(NC2CCCNC2)cc1. The first-order valence-corrected chi connectivity index (χ1v) is 6.57. The Labute approximate surface area is 109 Å². The van der Waals surface area contributed by atoms with Gasteiger partial charge in [-0.05, 0) is 43.7 Å². The average Bonchev–Trinajstić information content (AvgIpc) is 2.42. The van der Waals surface area contributed by atoms with Gasteiger partial charge in [0.1, 0.15) is 12.4 Å². The van der Waals surface area contributed by atoms with E-state index in [4.69, 9.17) is 9.47 Å². The van der Waals surface area contributed by atoms with Crippen LogP contribution < -0.4 is 15.4 Å². The van der Waals surface area contributed by atoms with Crippen LogP contribution in [-0.4, -0.2) is 39.5 Å². The van der Waals surface area contributed by atoms with Crippen molar-refractivity contribution < 1.29 is 9.47 Å². The molecule has 1 aromatic carbocycles. The first kappa shape index (κ1) is 13.2. The van der Waals surface area contributed by atoms with Crippen LogP contribution in [0.5, 0.6) is 5.75 Å². The van der Waals surface area contributed by atoms with Crippen LogP contribution in [0.15, 0.2) is 24.3 Å². The molecule has 1 saturated heterocycles. The smallest absolute Gasteiger partial charge is 0.119 e. The molecule has 1 unspecified atom stereocenters. The Bertz CT molecular complexity index is 334. The maximum Gasteiger partial charge on any atom is 0.119 e. The molecule has 2 rings (SSSR count). The molecular formula is C14H22N2O2. The second kappa shape index (κ2) is 7.24. The molecule has 0 spiro atoms. The molecular weight excluding hydrogens is 228 g/mol. The molecule has 0 radical (unpaired) electrons. The summed E-state index contributed by atoms with van der Waals surface area (Å²) in [5, 5.41) is 6.93. The van der Waals surface area contributed by atoms with Crippen molar-refractivity contribution in [2.75, 3.05) is 38.7 Å². The van der Waals surface area contributed by atoms with Gasteiger partial charge in [0.2, 0.25) is 0 Å². The number of hydrogen-bond donors (Lipinski definition) is 2. The van der Waals surface area contributed by atoms with Gasteiger partial charge in [0, 0.05) is 25.4 Å². The van der Waals surface area contributed by atoms with Crippen molar-refractivity contribution in [3.63, 3.8) is 0 Å². The molecule has 1 fully saturated rings. The molecule has 100 valence electrons. The van der Waals surface area contributed by atoms with Gasteiger partial charge in [-0.1, -0.05) is 0 Å². The summed E-state index contributed by atoms with van der Waals surface area (Å²) in [5.41, 5.74) is 1.16. The molecule has 1 aromatic rings. The number of nitrogens with one attached hydrogen (secondary N) is 2. The van der Waals surface area contributed by atoms with Crippen LogP contribution in [0.3, 0.4) is 0 Å². The molecule has 4 nitrogen and oxygen atoms in total. The topological polar surface area (TPSA) is 42.5 Å². The van der Waals surface area contributed by atoms with Gasteiger partial charge in [-0.2, -0.15) is 0 Å². The van der Waals surface area contributed by atoms with Crippen LogP contribution in [0.25, 0.3) is 0 Å². The molecule has 0 amide bonds. The maximum atomic E-state index is 5.53. The summed E-state index contributed by atoms with van der Waals surface area (Å²) in [6.07, 6.45) is 2.48. The second-order valence-corrected chi connectivity index (χ2v) is 4.55. The molecule has 1 heterocycles. The Hall–Kier alpha value is -1.26. The number of rotatable bonds is 6. The third kappa shape index (κ3) is 4.20. The highest BCUT2D eigenvalue weighted by atomic mass is 16.5. The van der Waals surface area contributed by atoms with Crippen molar-refractivity contribution in [1.82, 2.24) is 5.32 Å². The lowest BCUT2D eigenvalue weighted by molar-refractivity contribution is 0.146. The van der Waals surface area contributed by atoms with Gasteiger partial charge in [0.05, 0.1) is 6.61 Å². The fraction of sp³-hybridized carbons (Fsp3) is 0.571. The molecule has 1 aliphatic rings. The second-order valence-electron chi connectivity index (χ2n) is 4.55. The largest absolute Gasteiger partial charge is 0.491 e. The van der Waals surface area contributed by atoms with E-state index in [0.29, 0.717) is 19.3 Å². The average molecular weight is 250 g/mol. The predicted octanol–water partition coefficient (Wildman–Crippen LogP) is 1.88. The Balaban J connectivity index is 1.79. The zero-order chi connectivity index (χ0) is 12.6. The van der Waals surface area contributed by atoms with Gasteiger partial charge in [0.15, 0.2) is 0 Å². The van der Waals surface area contributed by atoms with Crippen LogP contribution >= 0.6 is 0 Å². The lowest BCUT2D eigenvalue weighted by Gasteiger charge is -2.24. The lowest BCUT2D eigenvalue weighted by atomic mass is 10.1. The minimum atomic E-state index is 0.541. The first-order valence-electron chi connectivity index (χ1n) is 6.57. The zero-order valence-electron chi connectivity index (χ0n) is 10.9. The fourth-order valence-corrected chi connectivity index (χ4v) is 2.10. The van der Waals surface area contributed by atoms with E-state index >= 15 is 0 Å². The fourth-order valence-electron chi connectivity index (χ4n) is 2.10. The first-order chi connectivity index (χ1) is 8.88. The van der Waals surface area contributed by atoms with Gasteiger partial charge in [0.25, 0.3) is 0 Å². The Morgan fingerprint density at radius 3 is 2.78 bits per heavy atom. The van der Waals surface area contributed by atoms with E-state index in [9.17, 15) is 0 Å². The highest BCUT2D eigenvalue weighted by molar-refractivity contribution is 5.47. The summed E-state index contributed by atoms with van der Waals surface area (Å²) in [6.45, 7) is 3.40. The van der Waals surface area contributed by atoms with Gasteiger partial charge < -0.3 is 20.1 Å². The van der Waals surface area contributed by atoms with Gasteiger partial charge in [-0.3, -0.25) is 0 Å². The van der Waals surface area contributed by atoms with Gasteiger partial charge in [-0.15, -0.1) is 0 Å². The van der Waals surface area contributed by atoms with E-state index in [1.54, 1.807) is 7.11 Å². The number of methoxy groups -OCH3 is 1. The quantitative estimate of drug-likeness (QED) is 0.757. The van der Waals surface area contributed by atoms with E-state index in [1.807, 2.05) is 12.1 Å². The van der Waals surface area contributed by atoms with Crippen molar-refractivity contribution in [2.24, 2.45) is 0 Å². The van der Waals surface area contributed by atoms with Crippen LogP contribution in [0, 0.1) is 0 Å². The summed E-state index contributed by atoms with van der Waals surface area (Å²) in [7, 11) is 1.68. The molecule has 2 N–H and O–H groups in total. The summed E-state index contributed by atoms with van der Waals surface area (Å²) < 4.78 is 10.5. The van der Waals surface area contributed by atoms with Crippen LogP contribution in [0.1, 0.15) is 12.8 Å². The molecule has 1 atom stereocenters. The van der Waals surface area contributed by atoms with Crippen LogP contribution in [0.4, 0.5) is 5.69 Å². The summed E-state index contributed by atoms with van der Waals surface area (Å²) in [5.74, 6) is 0.888. The van der Waals surface area contributed by atoms with Crippen molar-refractivity contribution in [3.05, 3.63) is 24.3 Å². The van der Waals surface area contributed by atoms with Crippen molar-refractivity contribution in [3.8, 4) is 5.75 Å². The highest BCUT2D eigenvalue weighted by Crippen LogP contribution is 2.17. The van der Waals surface area contributed by atoms with Gasteiger partial charge >= 0.3 is 0 Å².